The smallest absolute Gasteiger partial charge is 0.307 e. The van der Waals surface area contributed by atoms with Crippen LogP contribution >= 0.6 is 0 Å². The number of phenolic OH excluding ortho intramolecular Hbond substituents is 1. The molecule has 1 aromatic heterocycles. The van der Waals surface area contributed by atoms with Gasteiger partial charge in [0.1, 0.15) is 11.3 Å². The van der Waals surface area contributed by atoms with E-state index in [9.17, 15) is 9.90 Å². The number of fused-ring (bicyclic) bond motifs is 1. The summed E-state index contributed by atoms with van der Waals surface area (Å²) < 4.78 is 0. The maximum atomic E-state index is 10.4. The molecule has 0 fully saturated rings. The van der Waals surface area contributed by atoms with Crippen molar-refractivity contribution in [2.24, 2.45) is 0 Å². The Hall–Kier alpha value is -1.37. The number of aromatic nitrogens is 3. The number of carbonyl (C=O) groups is 1. The van der Waals surface area contributed by atoms with E-state index in [1.54, 1.807) is 6.07 Å². The van der Waals surface area contributed by atoms with E-state index < -0.39 is 5.97 Å². The zero-order valence-corrected chi connectivity index (χ0v) is 8.84. The summed E-state index contributed by atoms with van der Waals surface area (Å²) in [4.78, 5) is 10.4. The number of aromatic amines is 1. The number of H-pyrrole nitrogens is 1. The summed E-state index contributed by atoms with van der Waals surface area (Å²) in [5.41, 5.74) is 1.14. The van der Waals surface area contributed by atoms with Gasteiger partial charge in [0.05, 0.1) is 6.42 Å². The first-order chi connectivity index (χ1) is 6.68. The Kier molecular flexibility index (Phi) is 3.46. The van der Waals surface area contributed by atoms with Gasteiger partial charge in [-0.05, 0) is 6.07 Å². The Morgan fingerprint density at radius 1 is 1.40 bits per heavy atom. The number of hydrogen-bond donors (Lipinski definition) is 3. The first-order valence-electron chi connectivity index (χ1n) is 3.91. The molecule has 3 N–H and O–H groups in total. The van der Waals surface area contributed by atoms with E-state index in [0.29, 0.717) is 16.6 Å². The molecule has 0 spiro atoms. The van der Waals surface area contributed by atoms with Crippen LogP contribution in [0, 0.1) is 0 Å². The summed E-state index contributed by atoms with van der Waals surface area (Å²) in [6.07, 6.45) is -0.228. The third-order valence-corrected chi connectivity index (χ3v) is 1.89. The number of hydrogen-bond acceptors (Lipinski definition) is 4. The van der Waals surface area contributed by atoms with Gasteiger partial charge in [-0.3, -0.25) is 4.79 Å². The van der Waals surface area contributed by atoms with E-state index >= 15 is 0 Å². The molecular formula is C8H7AgN3O3. The largest absolute Gasteiger partial charge is 0.505 e. The number of aliphatic carboxylic acids is 1. The fraction of sp³-hybridized carbons (Fsp3) is 0.125. The number of rotatable bonds is 2. The van der Waals surface area contributed by atoms with Crippen LogP contribution in [-0.4, -0.2) is 31.6 Å². The number of nitrogens with one attached hydrogen (secondary N) is 1. The summed E-state index contributed by atoms with van der Waals surface area (Å²) in [6, 6.07) is 3.13. The van der Waals surface area contributed by atoms with Crippen LogP contribution < -0.4 is 0 Å². The molecule has 0 unspecified atom stereocenters. The SMILES string of the molecule is O=C(O)Cc1ccc2n[nH]nc2c1O.[Ag]. The molecule has 2 aromatic rings. The van der Waals surface area contributed by atoms with Gasteiger partial charge in [-0.25, -0.2) is 0 Å². The number of benzene rings is 1. The third-order valence-electron chi connectivity index (χ3n) is 1.89. The fourth-order valence-electron chi connectivity index (χ4n) is 1.25. The van der Waals surface area contributed by atoms with Crippen LogP contribution in [0.3, 0.4) is 0 Å². The molecule has 6 nitrogen and oxygen atoms in total. The zero-order chi connectivity index (χ0) is 10.1. The van der Waals surface area contributed by atoms with Crippen LogP contribution in [-0.2, 0) is 33.6 Å². The molecule has 0 amide bonds. The van der Waals surface area contributed by atoms with Crippen molar-refractivity contribution in [2.75, 3.05) is 0 Å². The van der Waals surface area contributed by atoms with Gasteiger partial charge in [-0.1, -0.05) is 6.07 Å². The van der Waals surface area contributed by atoms with Crippen molar-refractivity contribution >= 4 is 17.0 Å². The topological polar surface area (TPSA) is 99.1 Å². The average Bonchev–Trinajstić information content (AvgIpc) is 2.57. The molecule has 15 heavy (non-hydrogen) atoms. The Morgan fingerprint density at radius 3 is 2.80 bits per heavy atom. The zero-order valence-electron chi connectivity index (χ0n) is 7.36. The van der Waals surface area contributed by atoms with E-state index in [0.717, 1.165) is 0 Å². The Morgan fingerprint density at radius 2 is 2.13 bits per heavy atom. The fourth-order valence-corrected chi connectivity index (χ4v) is 1.25. The van der Waals surface area contributed by atoms with Gasteiger partial charge < -0.3 is 10.2 Å². The molecule has 83 valence electrons. The monoisotopic (exact) mass is 300 g/mol. The van der Waals surface area contributed by atoms with Gasteiger partial charge in [0.15, 0.2) is 5.52 Å². The number of carboxylic acids is 1. The van der Waals surface area contributed by atoms with E-state index in [1.165, 1.54) is 6.07 Å². The minimum atomic E-state index is -0.997. The van der Waals surface area contributed by atoms with Crippen molar-refractivity contribution in [3.05, 3.63) is 17.7 Å². The first kappa shape index (κ1) is 11.7. The number of nitrogens with zero attached hydrogens (tertiary/aromatic N) is 2. The van der Waals surface area contributed by atoms with Crippen LogP contribution in [0.15, 0.2) is 12.1 Å². The second-order valence-corrected chi connectivity index (χ2v) is 2.84. The predicted molar refractivity (Wildman–Crippen MR) is 46.9 cm³/mol. The summed E-state index contributed by atoms with van der Waals surface area (Å²) in [5.74, 6) is -1.12. The van der Waals surface area contributed by atoms with Gasteiger partial charge in [0, 0.05) is 27.9 Å². The Labute approximate surface area is 99.8 Å². The van der Waals surface area contributed by atoms with Crippen LogP contribution in [0.1, 0.15) is 5.56 Å². The molecule has 7 heteroatoms. The second-order valence-electron chi connectivity index (χ2n) is 2.84. The van der Waals surface area contributed by atoms with Crippen molar-refractivity contribution in [3.8, 4) is 5.75 Å². The van der Waals surface area contributed by atoms with Gasteiger partial charge >= 0.3 is 5.97 Å². The third kappa shape index (κ3) is 2.17. The molecule has 0 aliphatic carbocycles. The van der Waals surface area contributed by atoms with Crippen molar-refractivity contribution in [1.82, 2.24) is 15.4 Å². The second kappa shape index (κ2) is 4.43. The molecule has 0 saturated heterocycles. The normalized spacial score (nSPS) is 9.87. The molecule has 1 heterocycles. The minimum absolute atomic E-state index is 0. The first-order valence-corrected chi connectivity index (χ1v) is 3.91. The standard InChI is InChI=1S/C8H7N3O3.Ag/c12-6(13)3-4-1-2-5-7(8(4)14)10-11-9-5;/h1-2,14H,3H2,(H,12,13)(H,9,10,11);. The minimum Gasteiger partial charge on any atom is -0.505 e. The van der Waals surface area contributed by atoms with Gasteiger partial charge in [-0.2, -0.15) is 15.4 Å². The molecule has 0 aliphatic heterocycles. The number of carboxylic acid groups (broad SMARTS) is 1. The Bertz CT molecular complexity index is 497. The van der Waals surface area contributed by atoms with E-state index in [-0.39, 0.29) is 34.6 Å². The Balaban J connectivity index is 0.00000112. The quantitative estimate of drug-likeness (QED) is 0.692. The van der Waals surface area contributed by atoms with Gasteiger partial charge in [-0.15, -0.1) is 0 Å². The number of phenols is 1. The van der Waals surface area contributed by atoms with Crippen molar-refractivity contribution < 1.29 is 37.4 Å². The molecule has 0 atom stereocenters. The van der Waals surface area contributed by atoms with Gasteiger partial charge in [0.25, 0.3) is 0 Å². The summed E-state index contributed by atoms with van der Waals surface area (Å²) >= 11 is 0. The van der Waals surface area contributed by atoms with Crippen molar-refractivity contribution in [1.29, 1.82) is 0 Å². The molecule has 2 rings (SSSR count). The van der Waals surface area contributed by atoms with Crippen LogP contribution in [0.5, 0.6) is 5.75 Å². The maximum absolute atomic E-state index is 10.4. The number of aromatic hydroxyl groups is 1. The van der Waals surface area contributed by atoms with Crippen molar-refractivity contribution in [2.45, 2.75) is 6.42 Å². The molecule has 1 aromatic carbocycles. The average molecular weight is 301 g/mol. The summed E-state index contributed by atoms with van der Waals surface area (Å²) in [6.45, 7) is 0. The van der Waals surface area contributed by atoms with Crippen LogP contribution in [0.25, 0.3) is 11.0 Å². The van der Waals surface area contributed by atoms with Crippen molar-refractivity contribution in [3.63, 3.8) is 0 Å². The van der Waals surface area contributed by atoms with E-state index in [1.807, 2.05) is 0 Å². The molecule has 0 bridgehead atoms. The summed E-state index contributed by atoms with van der Waals surface area (Å²) in [7, 11) is 0. The van der Waals surface area contributed by atoms with E-state index in [4.69, 9.17) is 5.11 Å². The molecule has 0 saturated carbocycles. The molecule has 1 radical (unpaired) electrons. The maximum Gasteiger partial charge on any atom is 0.307 e. The van der Waals surface area contributed by atoms with Crippen LogP contribution in [0.4, 0.5) is 0 Å². The predicted octanol–water partition coefficient (Wildman–Crippen LogP) is 0.288. The van der Waals surface area contributed by atoms with Gasteiger partial charge in [0.2, 0.25) is 0 Å². The van der Waals surface area contributed by atoms with Crippen LogP contribution in [0.2, 0.25) is 0 Å². The summed E-state index contributed by atoms with van der Waals surface area (Å²) in [5, 5.41) is 28.0. The van der Waals surface area contributed by atoms with E-state index in [2.05, 4.69) is 15.4 Å². The molecule has 0 aliphatic rings. The molecular weight excluding hydrogens is 294 g/mol.